The van der Waals surface area contributed by atoms with Crippen LogP contribution in [-0.4, -0.2) is 70.0 Å². The summed E-state index contributed by atoms with van der Waals surface area (Å²) >= 11 is 3.37. The van der Waals surface area contributed by atoms with Crippen molar-refractivity contribution in [2.45, 2.75) is 32.2 Å². The highest BCUT2D eigenvalue weighted by Gasteiger charge is 2.19. The molecule has 0 saturated carbocycles. The Hall–Kier alpha value is -2.34. The SMILES string of the molecule is COc1cc2c(cc1OC)CN(CCCCNC(=O)c1cc(Br)ccc1OCCCS(=O)(=O)O)CC2. The molecule has 0 aromatic heterocycles. The molecule has 0 unspecified atom stereocenters. The molecule has 198 valence electrons. The van der Waals surface area contributed by atoms with Crippen molar-refractivity contribution in [2.75, 3.05) is 46.2 Å². The van der Waals surface area contributed by atoms with E-state index in [0.717, 1.165) is 54.9 Å². The minimum Gasteiger partial charge on any atom is -0.493 e. The maximum absolute atomic E-state index is 12.7. The van der Waals surface area contributed by atoms with Gasteiger partial charge in [0.05, 0.1) is 32.1 Å². The van der Waals surface area contributed by atoms with E-state index in [-0.39, 0.29) is 18.9 Å². The largest absolute Gasteiger partial charge is 0.493 e. The molecule has 1 aliphatic rings. The summed E-state index contributed by atoms with van der Waals surface area (Å²) in [5.41, 5.74) is 2.92. The van der Waals surface area contributed by atoms with Gasteiger partial charge in [0.25, 0.3) is 16.0 Å². The molecule has 0 spiro atoms. The van der Waals surface area contributed by atoms with E-state index in [1.54, 1.807) is 32.4 Å². The van der Waals surface area contributed by atoms with Crippen LogP contribution in [-0.2, 0) is 23.1 Å². The molecule has 2 aromatic carbocycles. The van der Waals surface area contributed by atoms with E-state index in [4.69, 9.17) is 18.8 Å². The third-order valence-electron chi connectivity index (χ3n) is 5.97. The number of nitrogens with zero attached hydrogens (tertiary/aromatic N) is 1. The zero-order valence-electron chi connectivity index (χ0n) is 20.6. The van der Waals surface area contributed by atoms with Gasteiger partial charge in [-0.1, -0.05) is 15.9 Å². The number of carbonyl (C=O) groups is 1. The van der Waals surface area contributed by atoms with Gasteiger partial charge in [-0.25, -0.2) is 0 Å². The van der Waals surface area contributed by atoms with Crippen LogP contribution in [0.25, 0.3) is 0 Å². The lowest BCUT2D eigenvalue weighted by atomic mass is 9.98. The normalized spacial score (nSPS) is 13.7. The topological polar surface area (TPSA) is 114 Å². The lowest BCUT2D eigenvalue weighted by molar-refractivity contribution is 0.0948. The van der Waals surface area contributed by atoms with Crippen LogP contribution in [0, 0.1) is 0 Å². The van der Waals surface area contributed by atoms with Crippen LogP contribution in [0.15, 0.2) is 34.8 Å². The Labute approximate surface area is 221 Å². The zero-order valence-corrected chi connectivity index (χ0v) is 23.0. The molecule has 0 saturated heterocycles. The van der Waals surface area contributed by atoms with E-state index in [9.17, 15) is 13.2 Å². The summed E-state index contributed by atoms with van der Waals surface area (Å²) in [5.74, 6) is 1.22. The lowest BCUT2D eigenvalue weighted by Gasteiger charge is -2.29. The fraction of sp³-hybridized carbons (Fsp3) is 0.480. The van der Waals surface area contributed by atoms with Crippen molar-refractivity contribution in [3.05, 3.63) is 51.5 Å². The van der Waals surface area contributed by atoms with Gasteiger partial charge < -0.3 is 19.5 Å². The minimum absolute atomic E-state index is 0.0688. The quantitative estimate of drug-likeness (QED) is 0.270. The van der Waals surface area contributed by atoms with Crippen LogP contribution in [0.4, 0.5) is 0 Å². The Morgan fingerprint density at radius 1 is 1.06 bits per heavy atom. The highest BCUT2D eigenvalue weighted by atomic mass is 79.9. The Morgan fingerprint density at radius 3 is 2.47 bits per heavy atom. The zero-order chi connectivity index (χ0) is 26.1. The number of nitrogens with one attached hydrogen (secondary N) is 1. The molecule has 0 aliphatic carbocycles. The molecule has 1 aliphatic heterocycles. The maximum Gasteiger partial charge on any atom is 0.264 e. The Balaban J connectivity index is 1.44. The van der Waals surface area contributed by atoms with Gasteiger partial charge in [0.15, 0.2) is 11.5 Å². The molecule has 0 bridgehead atoms. The Kier molecular flexibility index (Phi) is 10.4. The number of methoxy groups -OCH3 is 2. The predicted molar refractivity (Wildman–Crippen MR) is 141 cm³/mol. The van der Waals surface area contributed by atoms with Crippen LogP contribution in [0.3, 0.4) is 0 Å². The van der Waals surface area contributed by atoms with Gasteiger partial charge in [-0.3, -0.25) is 14.2 Å². The first-order valence-corrected chi connectivity index (χ1v) is 14.2. The van der Waals surface area contributed by atoms with Crippen molar-refractivity contribution in [2.24, 2.45) is 0 Å². The molecule has 2 aromatic rings. The number of carbonyl (C=O) groups excluding carboxylic acids is 1. The second-order valence-corrected chi connectivity index (χ2v) is 11.1. The summed E-state index contributed by atoms with van der Waals surface area (Å²) in [5, 5.41) is 2.94. The molecule has 1 amide bonds. The second kappa shape index (κ2) is 13.3. The molecule has 9 nitrogen and oxygen atoms in total. The summed E-state index contributed by atoms with van der Waals surface area (Å²) in [6, 6.07) is 9.20. The number of hydrogen-bond acceptors (Lipinski definition) is 7. The van der Waals surface area contributed by atoms with E-state index >= 15 is 0 Å². The number of fused-ring (bicyclic) bond motifs is 1. The number of rotatable bonds is 13. The van der Waals surface area contributed by atoms with Crippen LogP contribution in [0.1, 0.15) is 40.7 Å². The van der Waals surface area contributed by atoms with Crippen molar-refractivity contribution >= 4 is 32.0 Å². The molecule has 3 rings (SSSR count). The summed E-state index contributed by atoms with van der Waals surface area (Å²) in [4.78, 5) is 15.1. The number of ether oxygens (including phenoxy) is 3. The van der Waals surface area contributed by atoms with E-state index in [2.05, 4.69) is 38.3 Å². The molecule has 36 heavy (non-hydrogen) atoms. The number of hydrogen-bond donors (Lipinski definition) is 2. The maximum atomic E-state index is 12.7. The van der Waals surface area contributed by atoms with Gasteiger partial charge in [-0.15, -0.1) is 0 Å². The Bertz CT molecular complexity index is 1160. The average Bonchev–Trinajstić information content (AvgIpc) is 2.85. The molecule has 1 heterocycles. The van der Waals surface area contributed by atoms with Crippen molar-refractivity contribution in [1.82, 2.24) is 10.2 Å². The molecule has 0 radical (unpaired) electrons. The van der Waals surface area contributed by atoms with E-state index in [0.29, 0.717) is 17.9 Å². The van der Waals surface area contributed by atoms with Gasteiger partial charge in [0.2, 0.25) is 0 Å². The van der Waals surface area contributed by atoms with Crippen LogP contribution in [0.5, 0.6) is 17.2 Å². The number of amides is 1. The minimum atomic E-state index is -4.04. The smallest absolute Gasteiger partial charge is 0.264 e. The fourth-order valence-electron chi connectivity index (χ4n) is 4.12. The third kappa shape index (κ3) is 8.36. The second-order valence-electron chi connectivity index (χ2n) is 8.59. The van der Waals surface area contributed by atoms with Gasteiger partial charge in [-0.2, -0.15) is 8.42 Å². The van der Waals surface area contributed by atoms with Crippen LogP contribution in [0.2, 0.25) is 0 Å². The summed E-state index contributed by atoms with van der Waals surface area (Å²) < 4.78 is 47.7. The number of halogens is 1. The fourth-order valence-corrected chi connectivity index (χ4v) is 4.96. The molecule has 0 fully saturated rings. The van der Waals surface area contributed by atoms with Crippen molar-refractivity contribution in [1.29, 1.82) is 0 Å². The Morgan fingerprint density at radius 2 is 1.78 bits per heavy atom. The summed E-state index contributed by atoms with van der Waals surface area (Å²) in [6.07, 6.45) is 2.86. The van der Waals surface area contributed by atoms with E-state index in [1.165, 1.54) is 11.1 Å². The van der Waals surface area contributed by atoms with Gasteiger partial charge in [0.1, 0.15) is 5.75 Å². The molecule has 0 atom stereocenters. The van der Waals surface area contributed by atoms with Crippen molar-refractivity contribution < 1.29 is 32.0 Å². The third-order valence-corrected chi connectivity index (χ3v) is 7.27. The standard InChI is InChI=1S/C25H33BrN2O7S/c1-33-23-14-18-8-11-28(17-19(18)15-24(23)34-2)10-4-3-9-27-25(29)21-16-20(26)6-7-22(21)35-12-5-13-36(30,31)32/h6-7,14-16H,3-5,8-13,17H2,1-2H3,(H,27,29)(H,30,31,32). The molecular formula is C25H33BrN2O7S. The summed E-state index contributed by atoms with van der Waals surface area (Å²) in [6.45, 7) is 3.37. The first-order chi connectivity index (χ1) is 17.2. The first kappa shape index (κ1) is 28.2. The average molecular weight is 586 g/mol. The van der Waals surface area contributed by atoms with Crippen LogP contribution >= 0.6 is 15.9 Å². The molecule has 2 N–H and O–H groups in total. The highest BCUT2D eigenvalue weighted by Crippen LogP contribution is 2.33. The van der Waals surface area contributed by atoms with Crippen LogP contribution < -0.4 is 19.5 Å². The van der Waals surface area contributed by atoms with E-state index in [1.807, 2.05) is 0 Å². The first-order valence-electron chi connectivity index (χ1n) is 11.8. The number of unbranched alkanes of at least 4 members (excludes halogenated alkanes) is 1. The van der Waals surface area contributed by atoms with Gasteiger partial charge in [0, 0.05) is 24.1 Å². The van der Waals surface area contributed by atoms with Crippen molar-refractivity contribution in [3.63, 3.8) is 0 Å². The predicted octanol–water partition coefficient (Wildman–Crippen LogP) is 3.69. The van der Waals surface area contributed by atoms with Gasteiger partial charge in [-0.05, 0) is 73.7 Å². The summed E-state index contributed by atoms with van der Waals surface area (Å²) in [7, 11) is -0.745. The van der Waals surface area contributed by atoms with Gasteiger partial charge >= 0.3 is 0 Å². The monoisotopic (exact) mass is 584 g/mol. The van der Waals surface area contributed by atoms with Crippen molar-refractivity contribution in [3.8, 4) is 17.2 Å². The lowest BCUT2D eigenvalue weighted by Crippen LogP contribution is -2.32. The number of benzene rings is 2. The molecular weight excluding hydrogens is 552 g/mol. The van der Waals surface area contributed by atoms with E-state index < -0.39 is 15.9 Å². The highest BCUT2D eigenvalue weighted by molar-refractivity contribution is 9.10. The molecule has 11 heteroatoms.